The van der Waals surface area contributed by atoms with Crippen molar-refractivity contribution in [2.45, 2.75) is 6.92 Å². The van der Waals surface area contributed by atoms with Crippen LogP contribution in [-0.4, -0.2) is 22.7 Å². The fourth-order valence-electron chi connectivity index (χ4n) is 0.635. The summed E-state index contributed by atoms with van der Waals surface area (Å²) in [6.45, 7) is 2.07. The zero-order chi connectivity index (χ0) is 8.81. The lowest BCUT2D eigenvalue weighted by Crippen LogP contribution is -2.14. The quantitative estimate of drug-likeness (QED) is 0.714. The predicted octanol–water partition coefficient (Wildman–Crippen LogP) is 1.04. The Bertz CT molecular complexity index is 250. The highest BCUT2D eigenvalue weighted by Crippen LogP contribution is 1.97. The van der Waals surface area contributed by atoms with Crippen molar-refractivity contribution in [3.05, 3.63) is 18.6 Å². The van der Waals surface area contributed by atoms with Crippen LogP contribution in [0.2, 0.25) is 0 Å². The molecule has 0 aliphatic carbocycles. The van der Waals surface area contributed by atoms with Gasteiger partial charge in [-0.15, -0.1) is 0 Å². The largest absolute Gasteiger partial charge is 0.450 e. The lowest BCUT2D eigenvalue weighted by Gasteiger charge is -2.02. The Balaban J connectivity index is 2.47. The molecule has 5 heteroatoms. The van der Waals surface area contributed by atoms with E-state index in [1.165, 1.54) is 18.6 Å². The number of carbonyl (C=O) groups excluding carboxylic acids is 1. The van der Waals surface area contributed by atoms with Crippen LogP contribution in [0.1, 0.15) is 6.92 Å². The van der Waals surface area contributed by atoms with Crippen molar-refractivity contribution < 1.29 is 9.53 Å². The van der Waals surface area contributed by atoms with E-state index in [0.29, 0.717) is 12.4 Å². The molecule has 0 aromatic carbocycles. The molecule has 0 saturated heterocycles. The second-order valence-electron chi connectivity index (χ2n) is 1.94. The highest BCUT2D eigenvalue weighted by atomic mass is 16.5. The van der Waals surface area contributed by atoms with Crippen molar-refractivity contribution in [3.8, 4) is 0 Å². The maximum absolute atomic E-state index is 10.8. The molecule has 0 aliphatic rings. The minimum absolute atomic E-state index is 0.339. The molecule has 1 aromatic heterocycles. The third kappa shape index (κ3) is 2.53. The molecule has 0 atom stereocenters. The summed E-state index contributed by atoms with van der Waals surface area (Å²) in [7, 11) is 0. The lowest BCUT2D eigenvalue weighted by molar-refractivity contribution is 0.168. The number of carbonyl (C=O) groups is 1. The van der Waals surface area contributed by atoms with Gasteiger partial charge in [0.05, 0.1) is 12.8 Å². The SMILES string of the molecule is CCOC(=O)Nc1cnccn1. The summed E-state index contributed by atoms with van der Waals surface area (Å²) in [4.78, 5) is 18.4. The second kappa shape index (κ2) is 4.27. The van der Waals surface area contributed by atoms with Gasteiger partial charge in [0.1, 0.15) is 0 Å². The summed E-state index contributed by atoms with van der Waals surface area (Å²) in [6.07, 6.45) is 3.94. The highest BCUT2D eigenvalue weighted by Gasteiger charge is 2.00. The Hall–Kier alpha value is -1.65. The Morgan fingerprint density at radius 1 is 1.67 bits per heavy atom. The molecular weight excluding hydrogens is 158 g/mol. The zero-order valence-electron chi connectivity index (χ0n) is 6.65. The standard InChI is InChI=1S/C7H9N3O2/c1-2-12-7(11)10-6-5-8-3-4-9-6/h3-5H,2H2,1H3,(H,9,10,11). The molecule has 1 heterocycles. The molecule has 5 nitrogen and oxygen atoms in total. The molecular formula is C7H9N3O2. The maximum Gasteiger partial charge on any atom is 0.412 e. The number of aromatic nitrogens is 2. The number of ether oxygens (including phenoxy) is 1. The molecule has 0 unspecified atom stereocenters. The molecule has 1 rings (SSSR count). The molecule has 0 radical (unpaired) electrons. The summed E-state index contributed by atoms with van der Waals surface area (Å²) in [5.41, 5.74) is 0. The van der Waals surface area contributed by atoms with Crippen molar-refractivity contribution in [2.75, 3.05) is 11.9 Å². The summed E-state index contributed by atoms with van der Waals surface area (Å²) in [6, 6.07) is 0. The smallest absolute Gasteiger partial charge is 0.412 e. The van der Waals surface area contributed by atoms with Gasteiger partial charge in [-0.3, -0.25) is 10.3 Å². The van der Waals surface area contributed by atoms with Crippen LogP contribution in [0.15, 0.2) is 18.6 Å². The summed E-state index contributed by atoms with van der Waals surface area (Å²) in [5, 5.41) is 2.41. The first kappa shape index (κ1) is 8.45. The van der Waals surface area contributed by atoms with Crippen LogP contribution >= 0.6 is 0 Å². The zero-order valence-corrected chi connectivity index (χ0v) is 6.65. The fourth-order valence-corrected chi connectivity index (χ4v) is 0.635. The van der Waals surface area contributed by atoms with Crippen molar-refractivity contribution in [1.82, 2.24) is 9.97 Å². The molecule has 0 aliphatic heterocycles. The number of rotatable bonds is 2. The van der Waals surface area contributed by atoms with Gasteiger partial charge in [0.2, 0.25) is 0 Å². The van der Waals surface area contributed by atoms with E-state index in [0.717, 1.165) is 0 Å². The van der Waals surface area contributed by atoms with Gasteiger partial charge in [-0.1, -0.05) is 0 Å². The summed E-state index contributed by atoms with van der Waals surface area (Å²) < 4.78 is 4.63. The number of nitrogens with one attached hydrogen (secondary N) is 1. The van der Waals surface area contributed by atoms with E-state index in [1.807, 2.05) is 0 Å². The number of anilines is 1. The van der Waals surface area contributed by atoms with Crippen LogP contribution in [-0.2, 0) is 4.74 Å². The van der Waals surface area contributed by atoms with E-state index in [2.05, 4.69) is 20.0 Å². The lowest BCUT2D eigenvalue weighted by atomic mass is 10.6. The van der Waals surface area contributed by atoms with Crippen LogP contribution in [0.25, 0.3) is 0 Å². The highest BCUT2D eigenvalue weighted by molar-refractivity contribution is 5.82. The van der Waals surface area contributed by atoms with Gasteiger partial charge in [0.15, 0.2) is 5.82 Å². The van der Waals surface area contributed by atoms with Crippen LogP contribution in [0.5, 0.6) is 0 Å². The molecule has 1 aromatic rings. The van der Waals surface area contributed by atoms with Gasteiger partial charge in [0.25, 0.3) is 0 Å². The van der Waals surface area contributed by atoms with Gasteiger partial charge in [0, 0.05) is 12.4 Å². The minimum Gasteiger partial charge on any atom is -0.450 e. The molecule has 12 heavy (non-hydrogen) atoms. The normalized spacial score (nSPS) is 9.08. The summed E-state index contributed by atoms with van der Waals surface area (Å²) >= 11 is 0. The Labute approximate surface area is 69.8 Å². The maximum atomic E-state index is 10.8. The van der Waals surface area contributed by atoms with E-state index >= 15 is 0 Å². The number of nitrogens with zero attached hydrogens (tertiary/aromatic N) is 2. The van der Waals surface area contributed by atoms with Gasteiger partial charge in [-0.05, 0) is 6.92 Å². The molecule has 0 fully saturated rings. The number of hydrogen-bond donors (Lipinski definition) is 1. The van der Waals surface area contributed by atoms with E-state index in [1.54, 1.807) is 6.92 Å². The Morgan fingerprint density at radius 3 is 3.08 bits per heavy atom. The number of hydrogen-bond acceptors (Lipinski definition) is 4. The molecule has 1 amide bonds. The average Bonchev–Trinajstić information content (AvgIpc) is 2.06. The molecule has 0 saturated carbocycles. The third-order valence-electron chi connectivity index (χ3n) is 1.07. The first-order chi connectivity index (χ1) is 5.83. The van der Waals surface area contributed by atoms with Gasteiger partial charge < -0.3 is 4.74 Å². The molecule has 1 N–H and O–H groups in total. The predicted molar refractivity (Wildman–Crippen MR) is 42.7 cm³/mol. The van der Waals surface area contributed by atoms with Crippen molar-refractivity contribution >= 4 is 11.9 Å². The molecule has 64 valence electrons. The van der Waals surface area contributed by atoms with Crippen molar-refractivity contribution in [2.24, 2.45) is 0 Å². The van der Waals surface area contributed by atoms with Crippen molar-refractivity contribution in [1.29, 1.82) is 0 Å². The van der Waals surface area contributed by atoms with Crippen LogP contribution < -0.4 is 5.32 Å². The fraction of sp³-hybridized carbons (Fsp3) is 0.286. The average molecular weight is 167 g/mol. The number of amides is 1. The topological polar surface area (TPSA) is 64.1 Å². The van der Waals surface area contributed by atoms with Gasteiger partial charge in [-0.25, -0.2) is 9.78 Å². The molecule has 0 bridgehead atoms. The monoisotopic (exact) mass is 167 g/mol. The van der Waals surface area contributed by atoms with Crippen LogP contribution in [0.4, 0.5) is 10.6 Å². The van der Waals surface area contributed by atoms with E-state index in [-0.39, 0.29) is 0 Å². The second-order valence-corrected chi connectivity index (χ2v) is 1.94. The van der Waals surface area contributed by atoms with E-state index in [9.17, 15) is 4.79 Å². The minimum atomic E-state index is -0.516. The Morgan fingerprint density at radius 2 is 2.50 bits per heavy atom. The van der Waals surface area contributed by atoms with Crippen LogP contribution in [0, 0.1) is 0 Å². The van der Waals surface area contributed by atoms with E-state index in [4.69, 9.17) is 0 Å². The van der Waals surface area contributed by atoms with E-state index < -0.39 is 6.09 Å². The van der Waals surface area contributed by atoms with Gasteiger partial charge >= 0.3 is 6.09 Å². The van der Waals surface area contributed by atoms with Crippen LogP contribution in [0.3, 0.4) is 0 Å². The van der Waals surface area contributed by atoms with Crippen molar-refractivity contribution in [3.63, 3.8) is 0 Å². The molecule has 0 spiro atoms. The van der Waals surface area contributed by atoms with Gasteiger partial charge in [-0.2, -0.15) is 0 Å². The first-order valence-corrected chi connectivity index (χ1v) is 3.52. The summed E-state index contributed by atoms with van der Waals surface area (Å²) in [5.74, 6) is 0.385. The first-order valence-electron chi connectivity index (χ1n) is 3.52. The Kier molecular flexibility index (Phi) is 3.01. The third-order valence-corrected chi connectivity index (χ3v) is 1.07.